The Labute approximate surface area is 155 Å². The third-order valence-corrected chi connectivity index (χ3v) is 6.34. The summed E-state index contributed by atoms with van der Waals surface area (Å²) in [7, 11) is 0. The van der Waals surface area contributed by atoms with Gasteiger partial charge in [-0.3, -0.25) is 4.90 Å². The molecule has 26 heavy (non-hydrogen) atoms. The zero-order valence-electron chi connectivity index (χ0n) is 15.0. The molecule has 0 saturated carbocycles. The summed E-state index contributed by atoms with van der Waals surface area (Å²) < 4.78 is 38.2. The van der Waals surface area contributed by atoms with Crippen LogP contribution in [0.15, 0.2) is 12.4 Å². The van der Waals surface area contributed by atoms with Gasteiger partial charge in [-0.15, -0.1) is 11.3 Å². The minimum Gasteiger partial charge on any atom is -0.354 e. The van der Waals surface area contributed by atoms with Crippen molar-refractivity contribution in [3.8, 4) is 0 Å². The Kier molecular flexibility index (Phi) is 4.59. The number of halogens is 3. The van der Waals surface area contributed by atoms with E-state index < -0.39 is 12.6 Å². The van der Waals surface area contributed by atoms with Gasteiger partial charge in [-0.2, -0.15) is 13.2 Å². The Hall–Kier alpha value is -1.41. The first-order chi connectivity index (χ1) is 12.3. The lowest BCUT2D eigenvalue weighted by molar-refractivity contribution is -0.126. The van der Waals surface area contributed by atoms with Crippen molar-refractivity contribution < 1.29 is 13.2 Å². The molecule has 0 radical (unpaired) electrons. The van der Waals surface area contributed by atoms with E-state index in [2.05, 4.69) is 33.6 Å². The average molecular weight is 384 g/mol. The Morgan fingerprint density at radius 2 is 2.08 bits per heavy atom. The van der Waals surface area contributed by atoms with E-state index in [1.165, 1.54) is 12.7 Å². The molecule has 0 spiro atoms. The smallest absolute Gasteiger partial charge is 0.354 e. The van der Waals surface area contributed by atoms with Gasteiger partial charge in [-0.25, -0.2) is 9.97 Å². The maximum atomic E-state index is 12.7. The van der Waals surface area contributed by atoms with Crippen molar-refractivity contribution in [1.29, 1.82) is 0 Å². The van der Waals surface area contributed by atoms with Gasteiger partial charge in [0.15, 0.2) is 0 Å². The summed E-state index contributed by atoms with van der Waals surface area (Å²) in [6.07, 6.45) is -2.44. The molecule has 4 heterocycles. The molecular formula is C18H23F3N4S. The van der Waals surface area contributed by atoms with Crippen molar-refractivity contribution in [2.24, 2.45) is 11.8 Å². The molecule has 0 aliphatic carbocycles. The molecule has 2 aliphatic heterocycles. The zero-order chi connectivity index (χ0) is 18.5. The predicted octanol–water partition coefficient (Wildman–Crippen LogP) is 3.96. The zero-order valence-corrected chi connectivity index (χ0v) is 15.8. The minimum atomic E-state index is -4.20. The van der Waals surface area contributed by atoms with Crippen LogP contribution >= 0.6 is 11.3 Å². The van der Waals surface area contributed by atoms with Gasteiger partial charge >= 0.3 is 6.18 Å². The van der Waals surface area contributed by atoms with E-state index in [4.69, 9.17) is 0 Å². The molecule has 2 aliphatic rings. The van der Waals surface area contributed by atoms with Gasteiger partial charge in [0.05, 0.1) is 11.8 Å². The number of likely N-dealkylation sites (tertiary alicyclic amines) is 1. The van der Waals surface area contributed by atoms with E-state index in [1.54, 1.807) is 6.07 Å². The van der Waals surface area contributed by atoms with Gasteiger partial charge in [0.25, 0.3) is 0 Å². The molecule has 2 aromatic rings. The number of alkyl halides is 3. The molecule has 0 bridgehead atoms. The Morgan fingerprint density at radius 3 is 2.81 bits per heavy atom. The highest BCUT2D eigenvalue weighted by Crippen LogP contribution is 2.38. The molecule has 2 atom stereocenters. The molecule has 2 fully saturated rings. The first kappa shape index (κ1) is 18.0. The van der Waals surface area contributed by atoms with Crippen LogP contribution in [0.5, 0.6) is 0 Å². The monoisotopic (exact) mass is 384 g/mol. The lowest BCUT2D eigenvalue weighted by atomic mass is 10.0. The summed E-state index contributed by atoms with van der Waals surface area (Å²) in [5, 5.41) is 0.757. The largest absolute Gasteiger partial charge is 0.393 e. The van der Waals surface area contributed by atoms with Crippen LogP contribution in [0, 0.1) is 11.8 Å². The predicted molar refractivity (Wildman–Crippen MR) is 97.7 cm³/mol. The third kappa shape index (κ3) is 3.53. The number of aromatic nitrogens is 2. The fourth-order valence-corrected chi connectivity index (χ4v) is 5.37. The number of anilines is 1. The number of hydrogen-bond acceptors (Lipinski definition) is 5. The molecule has 0 N–H and O–H groups in total. The first-order valence-electron chi connectivity index (χ1n) is 9.09. The molecule has 0 amide bonds. The standard InChI is InChI=1S/C18H23F3N4S/c1-11(2)7-24-4-3-12-8-25(9-15(12)24)16-14-5-13(6-18(19,20)21)26-17(14)23-10-22-16/h5,10-12,15H,3-4,6-9H2,1-2H3/t12-,15+/m0/s1. The second-order valence-electron chi connectivity index (χ2n) is 7.83. The number of thiophene rings is 1. The van der Waals surface area contributed by atoms with Crippen molar-refractivity contribution in [3.05, 3.63) is 17.3 Å². The highest BCUT2D eigenvalue weighted by Gasteiger charge is 2.42. The quantitative estimate of drug-likeness (QED) is 0.799. The summed E-state index contributed by atoms with van der Waals surface area (Å²) in [4.78, 5) is 14.4. The number of fused-ring (bicyclic) bond motifs is 2. The summed E-state index contributed by atoms with van der Waals surface area (Å²) in [5.74, 6) is 2.04. The second kappa shape index (κ2) is 6.64. The maximum absolute atomic E-state index is 12.7. The van der Waals surface area contributed by atoms with E-state index in [0.717, 1.165) is 48.7 Å². The molecule has 2 saturated heterocycles. The van der Waals surface area contributed by atoms with Crippen LogP contribution in [0.3, 0.4) is 0 Å². The topological polar surface area (TPSA) is 32.3 Å². The molecule has 142 valence electrons. The fraction of sp³-hybridized carbons (Fsp3) is 0.667. The highest BCUT2D eigenvalue weighted by molar-refractivity contribution is 7.18. The fourth-order valence-electron chi connectivity index (χ4n) is 4.35. The van der Waals surface area contributed by atoms with Gasteiger partial charge < -0.3 is 4.90 Å². The maximum Gasteiger partial charge on any atom is 0.393 e. The lowest BCUT2D eigenvalue weighted by Gasteiger charge is -2.26. The van der Waals surface area contributed by atoms with Crippen LogP contribution in [0.1, 0.15) is 25.1 Å². The van der Waals surface area contributed by atoms with Crippen molar-refractivity contribution in [1.82, 2.24) is 14.9 Å². The first-order valence-corrected chi connectivity index (χ1v) is 9.91. The molecular weight excluding hydrogens is 361 g/mol. The van der Waals surface area contributed by atoms with E-state index in [0.29, 0.717) is 27.6 Å². The molecule has 2 aromatic heterocycles. The molecule has 8 heteroatoms. The Bertz CT molecular complexity index is 788. The molecule has 4 rings (SSSR count). The van der Waals surface area contributed by atoms with Gasteiger partial charge in [0, 0.05) is 30.6 Å². The highest BCUT2D eigenvalue weighted by atomic mass is 32.1. The summed E-state index contributed by atoms with van der Waals surface area (Å²) in [6.45, 7) is 8.55. The Balaban J connectivity index is 1.58. The minimum absolute atomic E-state index is 0.301. The van der Waals surface area contributed by atoms with E-state index in [-0.39, 0.29) is 0 Å². The van der Waals surface area contributed by atoms with Crippen LogP contribution in [0.4, 0.5) is 19.0 Å². The van der Waals surface area contributed by atoms with E-state index >= 15 is 0 Å². The van der Waals surface area contributed by atoms with Gasteiger partial charge in [0.2, 0.25) is 0 Å². The number of rotatable bonds is 4. The van der Waals surface area contributed by atoms with Crippen molar-refractivity contribution in [3.63, 3.8) is 0 Å². The molecule has 4 nitrogen and oxygen atoms in total. The van der Waals surface area contributed by atoms with Crippen molar-refractivity contribution in [2.45, 2.75) is 38.9 Å². The van der Waals surface area contributed by atoms with E-state index in [9.17, 15) is 13.2 Å². The SMILES string of the molecule is CC(C)CN1CC[C@H]2CN(c3ncnc4sc(CC(F)(F)F)cc34)C[C@H]21. The van der Waals surface area contributed by atoms with Gasteiger partial charge in [-0.05, 0) is 30.9 Å². The van der Waals surface area contributed by atoms with Crippen LogP contribution in [0.2, 0.25) is 0 Å². The summed E-state index contributed by atoms with van der Waals surface area (Å²) >= 11 is 1.12. The van der Waals surface area contributed by atoms with Gasteiger partial charge in [-0.1, -0.05) is 13.8 Å². The van der Waals surface area contributed by atoms with E-state index in [1.807, 2.05) is 0 Å². The van der Waals surface area contributed by atoms with Crippen molar-refractivity contribution in [2.75, 3.05) is 31.1 Å². The van der Waals surface area contributed by atoms with Gasteiger partial charge in [0.1, 0.15) is 17.0 Å². The van der Waals surface area contributed by atoms with Crippen LogP contribution in [0.25, 0.3) is 10.2 Å². The van der Waals surface area contributed by atoms with Crippen molar-refractivity contribution >= 4 is 27.4 Å². The molecule has 0 unspecified atom stereocenters. The summed E-state index contributed by atoms with van der Waals surface area (Å²) in [6, 6.07) is 2.15. The average Bonchev–Trinajstić information content (AvgIpc) is 3.19. The van der Waals surface area contributed by atoms with Crippen LogP contribution in [-0.2, 0) is 6.42 Å². The lowest BCUT2D eigenvalue weighted by Crippen LogP contribution is -2.37. The normalized spacial score (nSPS) is 24.2. The molecule has 0 aromatic carbocycles. The third-order valence-electron chi connectivity index (χ3n) is 5.30. The number of nitrogens with zero attached hydrogens (tertiary/aromatic N) is 4. The Morgan fingerprint density at radius 1 is 1.27 bits per heavy atom. The second-order valence-corrected chi connectivity index (χ2v) is 8.95. The summed E-state index contributed by atoms with van der Waals surface area (Å²) in [5.41, 5.74) is 0. The van der Waals surface area contributed by atoms with Crippen LogP contribution in [-0.4, -0.2) is 53.3 Å². The van der Waals surface area contributed by atoms with Crippen LogP contribution < -0.4 is 4.90 Å². The number of hydrogen-bond donors (Lipinski definition) is 0.